The molecule has 1 amide bonds. The number of fused-ring (bicyclic) bond motifs is 1. The number of amides is 1. The van der Waals surface area contributed by atoms with Crippen molar-refractivity contribution in [2.24, 2.45) is 0 Å². The Morgan fingerprint density at radius 2 is 2.00 bits per heavy atom. The molecule has 1 aliphatic rings. The molecule has 28 heavy (non-hydrogen) atoms. The quantitative estimate of drug-likeness (QED) is 0.535. The smallest absolute Gasteiger partial charge is 0.264 e. The van der Waals surface area contributed by atoms with E-state index in [1.54, 1.807) is 12.4 Å². The van der Waals surface area contributed by atoms with Gasteiger partial charge < -0.3 is 4.90 Å². The van der Waals surface area contributed by atoms with E-state index in [1.165, 1.54) is 11.3 Å². The second-order valence-corrected chi connectivity index (χ2v) is 8.01. The first-order chi connectivity index (χ1) is 13.7. The Morgan fingerprint density at radius 1 is 1.14 bits per heavy atom. The SMILES string of the molecule is Cc1ccsc1C(=O)N1CC[C@@H](c2nc3ccc(-c4ccncc4)cn3n2)C1. The highest BCUT2D eigenvalue weighted by atomic mass is 32.1. The predicted octanol–water partition coefficient (Wildman–Crippen LogP) is 3.79. The van der Waals surface area contributed by atoms with Crippen LogP contribution in [0.4, 0.5) is 0 Å². The summed E-state index contributed by atoms with van der Waals surface area (Å²) < 4.78 is 1.83. The van der Waals surface area contributed by atoms with E-state index in [9.17, 15) is 4.79 Å². The molecule has 1 atom stereocenters. The van der Waals surface area contributed by atoms with E-state index in [4.69, 9.17) is 10.1 Å². The molecule has 0 aliphatic carbocycles. The lowest BCUT2D eigenvalue weighted by atomic mass is 10.1. The molecule has 1 fully saturated rings. The molecule has 0 saturated carbocycles. The minimum absolute atomic E-state index is 0.124. The standard InChI is InChI=1S/C21H19N5OS/c1-14-7-11-28-19(14)21(27)25-10-6-17(12-25)20-23-18-3-2-16(13-26(18)24-20)15-4-8-22-9-5-15/h2-5,7-9,11,13,17H,6,10,12H2,1H3/t17-/m1/s1. The fraction of sp³-hybridized carbons (Fsp3) is 0.238. The van der Waals surface area contributed by atoms with Crippen molar-refractivity contribution in [2.75, 3.05) is 13.1 Å². The van der Waals surface area contributed by atoms with E-state index < -0.39 is 0 Å². The van der Waals surface area contributed by atoms with Crippen molar-refractivity contribution in [3.05, 3.63) is 70.6 Å². The summed E-state index contributed by atoms with van der Waals surface area (Å²) in [5.74, 6) is 1.11. The van der Waals surface area contributed by atoms with Crippen molar-refractivity contribution in [3.63, 3.8) is 0 Å². The van der Waals surface area contributed by atoms with Crippen LogP contribution >= 0.6 is 11.3 Å². The van der Waals surface area contributed by atoms with Crippen molar-refractivity contribution < 1.29 is 4.79 Å². The van der Waals surface area contributed by atoms with E-state index in [0.29, 0.717) is 6.54 Å². The van der Waals surface area contributed by atoms with Crippen molar-refractivity contribution in [3.8, 4) is 11.1 Å². The first kappa shape index (κ1) is 17.1. The molecule has 0 aromatic carbocycles. The molecule has 4 aromatic rings. The van der Waals surface area contributed by atoms with E-state index in [2.05, 4.69) is 4.98 Å². The third-order valence-electron chi connectivity index (χ3n) is 5.26. The Bertz CT molecular complexity index is 1150. The normalized spacial score (nSPS) is 16.8. The van der Waals surface area contributed by atoms with Crippen LogP contribution in [-0.2, 0) is 0 Å². The van der Waals surface area contributed by atoms with E-state index in [1.807, 2.05) is 58.2 Å². The van der Waals surface area contributed by atoms with Gasteiger partial charge in [0, 0.05) is 43.2 Å². The Kier molecular flexibility index (Phi) is 4.16. The molecule has 0 spiro atoms. The maximum Gasteiger partial charge on any atom is 0.264 e. The van der Waals surface area contributed by atoms with Crippen LogP contribution in [0.2, 0.25) is 0 Å². The summed E-state index contributed by atoms with van der Waals surface area (Å²) in [5.41, 5.74) is 4.04. The number of pyridine rings is 2. The summed E-state index contributed by atoms with van der Waals surface area (Å²) in [7, 11) is 0. The molecule has 7 heteroatoms. The molecule has 0 N–H and O–H groups in total. The molecule has 5 rings (SSSR count). The highest BCUT2D eigenvalue weighted by Crippen LogP contribution is 2.29. The van der Waals surface area contributed by atoms with Crippen LogP contribution in [0.5, 0.6) is 0 Å². The second kappa shape index (κ2) is 6.83. The summed E-state index contributed by atoms with van der Waals surface area (Å²) in [4.78, 5) is 24.3. The van der Waals surface area contributed by atoms with Gasteiger partial charge in [0.2, 0.25) is 0 Å². The van der Waals surface area contributed by atoms with Crippen molar-refractivity contribution >= 4 is 22.9 Å². The number of likely N-dealkylation sites (tertiary alicyclic amines) is 1. The van der Waals surface area contributed by atoms with E-state index in [0.717, 1.165) is 46.0 Å². The molecule has 1 saturated heterocycles. The van der Waals surface area contributed by atoms with Gasteiger partial charge >= 0.3 is 0 Å². The highest BCUT2D eigenvalue weighted by Gasteiger charge is 2.31. The first-order valence-electron chi connectivity index (χ1n) is 9.29. The van der Waals surface area contributed by atoms with Gasteiger partial charge in [0.05, 0.1) is 4.88 Å². The Balaban J connectivity index is 1.38. The number of nitrogens with zero attached hydrogens (tertiary/aromatic N) is 5. The molecule has 1 aliphatic heterocycles. The minimum Gasteiger partial charge on any atom is -0.337 e. The summed E-state index contributed by atoms with van der Waals surface area (Å²) in [6.45, 7) is 3.41. The van der Waals surface area contributed by atoms with Crippen LogP contribution in [0.3, 0.4) is 0 Å². The van der Waals surface area contributed by atoms with Gasteiger partial charge in [0.25, 0.3) is 5.91 Å². The number of aromatic nitrogens is 4. The molecule has 6 nitrogen and oxygen atoms in total. The molecular formula is C21H19N5OS. The third kappa shape index (κ3) is 2.97. The van der Waals surface area contributed by atoms with Gasteiger partial charge in [-0.3, -0.25) is 9.78 Å². The Labute approximate surface area is 166 Å². The molecule has 0 bridgehead atoms. The van der Waals surface area contributed by atoms with Crippen LogP contribution in [0.1, 0.15) is 33.4 Å². The monoisotopic (exact) mass is 389 g/mol. The third-order valence-corrected chi connectivity index (χ3v) is 6.26. The van der Waals surface area contributed by atoms with Crippen LogP contribution < -0.4 is 0 Å². The number of aryl methyl sites for hydroxylation is 1. The van der Waals surface area contributed by atoms with Gasteiger partial charge in [0.15, 0.2) is 11.5 Å². The average molecular weight is 389 g/mol. The maximum absolute atomic E-state index is 12.8. The first-order valence-corrected chi connectivity index (χ1v) is 10.2. The Hall–Kier alpha value is -3.06. The van der Waals surface area contributed by atoms with Crippen LogP contribution in [0, 0.1) is 6.92 Å². The maximum atomic E-state index is 12.8. The lowest BCUT2D eigenvalue weighted by Crippen LogP contribution is -2.28. The number of carbonyl (C=O) groups excluding carboxylic acids is 1. The zero-order valence-corrected chi connectivity index (χ0v) is 16.3. The second-order valence-electron chi connectivity index (χ2n) is 7.10. The summed E-state index contributed by atoms with van der Waals surface area (Å²) in [6.07, 6.45) is 6.45. The predicted molar refractivity (Wildman–Crippen MR) is 109 cm³/mol. The lowest BCUT2D eigenvalue weighted by molar-refractivity contribution is 0.0794. The van der Waals surface area contributed by atoms with Crippen LogP contribution in [0.25, 0.3) is 16.8 Å². The summed E-state index contributed by atoms with van der Waals surface area (Å²) in [5, 5.41) is 6.68. The van der Waals surface area contributed by atoms with E-state index in [-0.39, 0.29) is 11.8 Å². The van der Waals surface area contributed by atoms with Crippen molar-refractivity contribution in [1.29, 1.82) is 0 Å². The van der Waals surface area contributed by atoms with Crippen molar-refractivity contribution in [2.45, 2.75) is 19.3 Å². The number of rotatable bonds is 3. The largest absolute Gasteiger partial charge is 0.337 e. The van der Waals surface area contributed by atoms with Gasteiger partial charge in [-0.2, -0.15) is 5.10 Å². The van der Waals surface area contributed by atoms with Gasteiger partial charge in [-0.25, -0.2) is 9.50 Å². The van der Waals surface area contributed by atoms with Crippen LogP contribution in [0.15, 0.2) is 54.3 Å². The van der Waals surface area contributed by atoms with Gasteiger partial charge in [-0.05, 0) is 60.2 Å². The average Bonchev–Trinajstić information content (AvgIpc) is 3.46. The van der Waals surface area contributed by atoms with Crippen molar-refractivity contribution in [1.82, 2.24) is 24.5 Å². The van der Waals surface area contributed by atoms with Gasteiger partial charge in [-0.1, -0.05) is 0 Å². The number of carbonyl (C=O) groups is 1. The summed E-state index contributed by atoms with van der Waals surface area (Å²) in [6, 6.07) is 9.99. The molecular weight excluding hydrogens is 370 g/mol. The molecule has 140 valence electrons. The zero-order chi connectivity index (χ0) is 19.1. The highest BCUT2D eigenvalue weighted by molar-refractivity contribution is 7.12. The van der Waals surface area contributed by atoms with Gasteiger partial charge in [0.1, 0.15) is 0 Å². The molecule has 5 heterocycles. The number of hydrogen-bond donors (Lipinski definition) is 0. The van der Waals surface area contributed by atoms with Crippen LogP contribution in [-0.4, -0.2) is 43.5 Å². The number of hydrogen-bond acceptors (Lipinski definition) is 5. The Morgan fingerprint density at radius 3 is 2.79 bits per heavy atom. The fourth-order valence-corrected chi connectivity index (χ4v) is 4.57. The summed E-state index contributed by atoms with van der Waals surface area (Å²) >= 11 is 1.51. The minimum atomic E-state index is 0.124. The molecule has 0 unspecified atom stereocenters. The molecule has 4 aromatic heterocycles. The van der Waals surface area contributed by atoms with Gasteiger partial charge in [-0.15, -0.1) is 11.3 Å². The fourth-order valence-electron chi connectivity index (χ4n) is 3.68. The number of thiophene rings is 1. The topological polar surface area (TPSA) is 63.4 Å². The molecule has 0 radical (unpaired) electrons. The van der Waals surface area contributed by atoms with E-state index >= 15 is 0 Å². The lowest BCUT2D eigenvalue weighted by Gasteiger charge is -2.15. The zero-order valence-electron chi connectivity index (χ0n) is 15.4.